The van der Waals surface area contributed by atoms with Crippen LogP contribution in [0.4, 0.5) is 0 Å². The quantitative estimate of drug-likeness (QED) is 0.450. The summed E-state index contributed by atoms with van der Waals surface area (Å²) in [5.74, 6) is 0.0350. The number of benzene rings is 2. The molecule has 1 aliphatic heterocycles. The highest BCUT2D eigenvalue weighted by Gasteiger charge is 2.35. The van der Waals surface area contributed by atoms with Crippen LogP contribution in [0.2, 0.25) is 0 Å². The van der Waals surface area contributed by atoms with E-state index < -0.39 is 5.60 Å². The topological polar surface area (TPSA) is 85.0 Å². The number of aromatic amines is 2. The van der Waals surface area contributed by atoms with E-state index in [-0.39, 0.29) is 5.91 Å². The number of aliphatic hydroxyl groups is 1. The van der Waals surface area contributed by atoms with Crippen molar-refractivity contribution < 1.29 is 9.90 Å². The summed E-state index contributed by atoms with van der Waals surface area (Å²) >= 11 is 0. The van der Waals surface area contributed by atoms with Gasteiger partial charge in [-0.1, -0.05) is 30.3 Å². The Bertz CT molecular complexity index is 1300. The molecule has 1 aliphatic carbocycles. The summed E-state index contributed by atoms with van der Waals surface area (Å²) in [7, 11) is 0. The molecule has 2 aromatic heterocycles. The van der Waals surface area contributed by atoms with Gasteiger partial charge in [-0.3, -0.25) is 9.89 Å². The Labute approximate surface area is 186 Å². The van der Waals surface area contributed by atoms with Crippen molar-refractivity contribution in [2.24, 2.45) is 0 Å². The molecule has 6 heteroatoms. The number of aromatic nitrogens is 3. The first-order valence-corrected chi connectivity index (χ1v) is 11.4. The Morgan fingerprint density at radius 1 is 1.03 bits per heavy atom. The van der Waals surface area contributed by atoms with Crippen molar-refractivity contribution in [3.8, 4) is 11.4 Å². The van der Waals surface area contributed by atoms with E-state index in [0.717, 1.165) is 47.1 Å². The maximum atomic E-state index is 13.3. The summed E-state index contributed by atoms with van der Waals surface area (Å²) < 4.78 is 0. The van der Waals surface area contributed by atoms with Crippen LogP contribution in [0.25, 0.3) is 22.3 Å². The number of fused-ring (bicyclic) bond motifs is 5. The number of hydrogen-bond acceptors (Lipinski definition) is 3. The van der Waals surface area contributed by atoms with Gasteiger partial charge in [-0.05, 0) is 67.0 Å². The Morgan fingerprint density at radius 3 is 2.66 bits per heavy atom. The predicted molar refractivity (Wildman–Crippen MR) is 123 cm³/mol. The SMILES string of the molecule is O=C(c1ccc2[nH]c3c(c2c1)CCCc1cn[nH]c1-3)N1CCC(O)(c2ccccc2)CC1. The highest BCUT2D eigenvalue weighted by molar-refractivity contribution is 6.00. The lowest BCUT2D eigenvalue weighted by Gasteiger charge is -2.38. The van der Waals surface area contributed by atoms with Crippen LogP contribution in [-0.4, -0.2) is 44.2 Å². The molecule has 0 atom stereocenters. The maximum absolute atomic E-state index is 13.3. The van der Waals surface area contributed by atoms with Gasteiger partial charge in [-0.15, -0.1) is 0 Å². The number of hydrogen-bond donors (Lipinski definition) is 3. The Kier molecular flexibility index (Phi) is 4.43. The molecule has 0 bridgehead atoms. The number of piperidine rings is 1. The molecular weight excluding hydrogens is 400 g/mol. The number of H-pyrrole nitrogens is 2. The standard InChI is InChI=1S/C26H26N4O2/c31-25(30-13-11-26(32,12-14-30)19-6-2-1-3-7-19)17-9-10-22-21(15-17)20-8-4-5-18-16-27-29-23(18)24(20)28-22/h1-3,6-7,9-10,15-16,28,32H,4-5,8,11-14H2,(H,27,29). The van der Waals surface area contributed by atoms with E-state index >= 15 is 0 Å². The molecule has 0 saturated carbocycles. The Hall–Kier alpha value is -3.38. The van der Waals surface area contributed by atoms with E-state index in [9.17, 15) is 9.90 Å². The molecule has 3 heterocycles. The highest BCUT2D eigenvalue weighted by atomic mass is 16.3. The third-order valence-electron chi connectivity index (χ3n) is 7.18. The van der Waals surface area contributed by atoms with Gasteiger partial charge in [-0.2, -0.15) is 5.10 Å². The van der Waals surface area contributed by atoms with Crippen molar-refractivity contribution in [3.05, 3.63) is 77.0 Å². The number of nitrogens with one attached hydrogen (secondary N) is 2. The zero-order valence-electron chi connectivity index (χ0n) is 17.9. The van der Waals surface area contributed by atoms with Crippen LogP contribution in [0.1, 0.15) is 46.3 Å². The molecule has 1 fully saturated rings. The van der Waals surface area contributed by atoms with Crippen LogP contribution in [0.5, 0.6) is 0 Å². The lowest BCUT2D eigenvalue weighted by molar-refractivity contribution is -0.0211. The minimum Gasteiger partial charge on any atom is -0.385 e. The van der Waals surface area contributed by atoms with E-state index in [4.69, 9.17) is 0 Å². The number of nitrogens with zero attached hydrogens (tertiary/aromatic N) is 2. The van der Waals surface area contributed by atoms with E-state index in [1.165, 1.54) is 11.1 Å². The van der Waals surface area contributed by atoms with Crippen LogP contribution >= 0.6 is 0 Å². The number of carbonyl (C=O) groups excluding carboxylic acids is 1. The van der Waals surface area contributed by atoms with Crippen molar-refractivity contribution in [1.82, 2.24) is 20.1 Å². The molecule has 1 amide bonds. The first kappa shape index (κ1) is 19.3. The Morgan fingerprint density at radius 2 is 1.84 bits per heavy atom. The largest absolute Gasteiger partial charge is 0.385 e. The third-order valence-corrected chi connectivity index (χ3v) is 7.18. The summed E-state index contributed by atoms with van der Waals surface area (Å²) in [6.45, 7) is 1.09. The zero-order valence-corrected chi connectivity index (χ0v) is 17.9. The van der Waals surface area contributed by atoms with Crippen molar-refractivity contribution in [2.75, 3.05) is 13.1 Å². The fourth-order valence-electron chi connectivity index (χ4n) is 5.33. The second kappa shape index (κ2) is 7.35. The van der Waals surface area contributed by atoms with E-state index in [2.05, 4.69) is 15.2 Å². The van der Waals surface area contributed by atoms with E-state index in [0.29, 0.717) is 31.5 Å². The van der Waals surface area contributed by atoms with Gasteiger partial charge >= 0.3 is 0 Å². The van der Waals surface area contributed by atoms with Gasteiger partial charge in [0.25, 0.3) is 5.91 Å². The van der Waals surface area contributed by atoms with Gasteiger partial charge in [-0.25, -0.2) is 0 Å². The molecule has 1 saturated heterocycles. The van der Waals surface area contributed by atoms with Crippen molar-refractivity contribution >= 4 is 16.8 Å². The molecule has 2 aromatic carbocycles. The third kappa shape index (κ3) is 3.06. The van der Waals surface area contributed by atoms with Gasteiger partial charge in [0.1, 0.15) is 0 Å². The lowest BCUT2D eigenvalue weighted by atomic mass is 9.84. The van der Waals surface area contributed by atoms with Crippen molar-refractivity contribution in [1.29, 1.82) is 0 Å². The molecule has 162 valence electrons. The summed E-state index contributed by atoms with van der Waals surface area (Å²) in [4.78, 5) is 18.7. The smallest absolute Gasteiger partial charge is 0.253 e. The first-order valence-electron chi connectivity index (χ1n) is 11.4. The van der Waals surface area contributed by atoms with Gasteiger partial charge in [0.15, 0.2) is 0 Å². The lowest BCUT2D eigenvalue weighted by Crippen LogP contribution is -2.45. The van der Waals surface area contributed by atoms with Crippen molar-refractivity contribution in [3.63, 3.8) is 0 Å². The number of carbonyl (C=O) groups is 1. The monoisotopic (exact) mass is 426 g/mol. The second-order valence-electron chi connectivity index (χ2n) is 9.05. The van der Waals surface area contributed by atoms with Gasteiger partial charge in [0.05, 0.1) is 23.2 Å². The Balaban J connectivity index is 1.27. The number of likely N-dealkylation sites (tertiary alicyclic amines) is 1. The minimum atomic E-state index is -0.859. The van der Waals surface area contributed by atoms with E-state index in [1.54, 1.807) is 0 Å². The van der Waals surface area contributed by atoms with Crippen LogP contribution in [-0.2, 0) is 18.4 Å². The minimum absolute atomic E-state index is 0.0350. The number of rotatable bonds is 2. The molecule has 2 aliphatic rings. The average Bonchev–Trinajstić information content (AvgIpc) is 3.40. The molecule has 3 N–H and O–H groups in total. The molecule has 32 heavy (non-hydrogen) atoms. The van der Waals surface area contributed by atoms with Crippen LogP contribution in [0.15, 0.2) is 54.7 Å². The predicted octanol–water partition coefficient (Wildman–Crippen LogP) is 4.17. The van der Waals surface area contributed by atoms with E-state index in [1.807, 2.05) is 59.6 Å². The molecule has 4 aromatic rings. The fraction of sp³-hybridized carbons (Fsp3) is 0.308. The molecule has 0 spiro atoms. The average molecular weight is 427 g/mol. The van der Waals surface area contributed by atoms with Crippen LogP contribution in [0.3, 0.4) is 0 Å². The first-order chi connectivity index (χ1) is 15.6. The summed E-state index contributed by atoms with van der Waals surface area (Å²) in [6, 6.07) is 15.7. The van der Waals surface area contributed by atoms with Crippen molar-refractivity contribution in [2.45, 2.75) is 37.7 Å². The van der Waals surface area contributed by atoms with Gasteiger partial charge in [0.2, 0.25) is 0 Å². The molecule has 6 nitrogen and oxygen atoms in total. The number of amides is 1. The van der Waals surface area contributed by atoms with Gasteiger partial charge in [0, 0.05) is 29.6 Å². The molecule has 0 unspecified atom stereocenters. The van der Waals surface area contributed by atoms with Crippen LogP contribution < -0.4 is 0 Å². The summed E-state index contributed by atoms with van der Waals surface area (Å²) in [5.41, 5.74) is 6.49. The molecular formula is C26H26N4O2. The zero-order chi connectivity index (χ0) is 21.7. The molecule has 0 radical (unpaired) electrons. The van der Waals surface area contributed by atoms with Crippen LogP contribution in [0, 0.1) is 0 Å². The fourth-order valence-corrected chi connectivity index (χ4v) is 5.33. The normalized spacial score (nSPS) is 17.6. The summed E-state index contributed by atoms with van der Waals surface area (Å²) in [6.07, 6.45) is 6.06. The number of aryl methyl sites for hydroxylation is 2. The maximum Gasteiger partial charge on any atom is 0.253 e. The molecule has 6 rings (SSSR count). The second-order valence-corrected chi connectivity index (χ2v) is 9.05. The van der Waals surface area contributed by atoms with Gasteiger partial charge < -0.3 is 15.0 Å². The summed E-state index contributed by atoms with van der Waals surface area (Å²) in [5, 5.41) is 19.6. The highest BCUT2D eigenvalue weighted by Crippen LogP contribution is 2.36.